The first-order valence-corrected chi connectivity index (χ1v) is 12.3. The van der Waals surface area contributed by atoms with Crippen molar-refractivity contribution in [1.82, 2.24) is 0 Å². The third-order valence-corrected chi connectivity index (χ3v) is 6.96. The average Bonchev–Trinajstić information content (AvgIpc) is 3.08. The van der Waals surface area contributed by atoms with Crippen molar-refractivity contribution in [3.63, 3.8) is 0 Å². The van der Waals surface area contributed by atoms with Crippen LogP contribution in [0.2, 0.25) is 0 Å². The fourth-order valence-electron chi connectivity index (χ4n) is 2.99. The van der Waals surface area contributed by atoms with Crippen LogP contribution in [0, 0.1) is 0 Å². The molecule has 1 heterocycles. The maximum atomic E-state index is 2.42. The first-order valence-electron chi connectivity index (χ1n) is 10.1. The van der Waals surface area contributed by atoms with Crippen molar-refractivity contribution in [2.75, 3.05) is 0 Å². The van der Waals surface area contributed by atoms with Gasteiger partial charge in [0.05, 0.1) is 0 Å². The van der Waals surface area contributed by atoms with Gasteiger partial charge in [-0.1, -0.05) is 111 Å². The molecule has 0 bridgehead atoms. The number of rotatable bonds is 16. The molecule has 0 amide bonds. The van der Waals surface area contributed by atoms with Crippen molar-refractivity contribution in [3.8, 4) is 0 Å². The van der Waals surface area contributed by atoms with Gasteiger partial charge >= 0.3 is 0 Å². The van der Waals surface area contributed by atoms with E-state index in [-0.39, 0.29) is 0 Å². The molecule has 0 fully saturated rings. The molecular formula is C21H38S2. The Labute approximate surface area is 153 Å². The fourth-order valence-corrected chi connectivity index (χ4v) is 5.25. The summed E-state index contributed by atoms with van der Waals surface area (Å²) in [5.74, 6) is 0. The van der Waals surface area contributed by atoms with E-state index in [0.29, 0.717) is 0 Å². The lowest BCUT2D eigenvalue weighted by Gasteiger charge is -2.05. The van der Waals surface area contributed by atoms with Gasteiger partial charge in [-0.3, -0.25) is 0 Å². The van der Waals surface area contributed by atoms with E-state index < -0.39 is 0 Å². The number of hydrogen-bond donors (Lipinski definition) is 0. The second-order valence-electron chi connectivity index (χ2n) is 6.79. The summed E-state index contributed by atoms with van der Waals surface area (Å²) >= 11 is 0. The summed E-state index contributed by atoms with van der Waals surface area (Å²) in [6, 6.07) is 0. The van der Waals surface area contributed by atoms with Crippen molar-refractivity contribution in [2.45, 2.75) is 108 Å². The quantitative estimate of drug-likeness (QED) is 0.154. The molecule has 23 heavy (non-hydrogen) atoms. The van der Waals surface area contributed by atoms with Gasteiger partial charge in [0.1, 0.15) is 0 Å². The van der Waals surface area contributed by atoms with E-state index >= 15 is 0 Å². The Morgan fingerprint density at radius 2 is 1.30 bits per heavy atom. The van der Waals surface area contributed by atoms with E-state index in [1.165, 1.54) is 96.3 Å². The Bertz CT molecular complexity index is 296. The Morgan fingerprint density at radius 3 is 1.87 bits per heavy atom. The van der Waals surface area contributed by atoms with Gasteiger partial charge in [-0.2, -0.15) is 0 Å². The van der Waals surface area contributed by atoms with Gasteiger partial charge in [-0.25, -0.2) is 0 Å². The largest absolute Gasteiger partial charge is 0.0885 e. The maximum Gasteiger partial charge on any atom is 0.0342 e. The maximum absolute atomic E-state index is 2.42. The smallest absolute Gasteiger partial charge is 0.0342 e. The van der Waals surface area contributed by atoms with Crippen LogP contribution < -0.4 is 0 Å². The highest BCUT2D eigenvalue weighted by atomic mass is 33.1. The zero-order chi connectivity index (χ0) is 16.4. The molecule has 0 aromatic heterocycles. The first kappa shape index (κ1) is 21.2. The molecule has 0 saturated carbocycles. The summed E-state index contributed by atoms with van der Waals surface area (Å²) in [6.07, 6.45) is 28.2. The molecular weight excluding hydrogens is 316 g/mol. The lowest BCUT2D eigenvalue weighted by atomic mass is 10.1. The Balaban J connectivity index is 1.70. The SMILES string of the molecule is CCCCCCCC/C=C\CCCCCCCCC1C=CSS1. The average molecular weight is 355 g/mol. The molecule has 0 radical (unpaired) electrons. The zero-order valence-electron chi connectivity index (χ0n) is 15.3. The Morgan fingerprint density at radius 1 is 0.739 bits per heavy atom. The molecule has 1 atom stereocenters. The van der Waals surface area contributed by atoms with E-state index in [4.69, 9.17) is 0 Å². The fraction of sp³-hybridized carbons (Fsp3) is 0.810. The van der Waals surface area contributed by atoms with Crippen LogP contribution in [0.3, 0.4) is 0 Å². The Kier molecular flexibility index (Phi) is 15.7. The predicted octanol–water partition coefficient (Wildman–Crippen LogP) is 8.69. The van der Waals surface area contributed by atoms with Crippen LogP contribution in [0.5, 0.6) is 0 Å². The summed E-state index contributed by atoms with van der Waals surface area (Å²) < 4.78 is 0. The zero-order valence-corrected chi connectivity index (χ0v) is 16.9. The molecule has 1 aliphatic heterocycles. The van der Waals surface area contributed by atoms with Crippen LogP contribution in [0.1, 0.15) is 103 Å². The second kappa shape index (κ2) is 17.0. The topological polar surface area (TPSA) is 0 Å². The van der Waals surface area contributed by atoms with Crippen molar-refractivity contribution in [1.29, 1.82) is 0 Å². The molecule has 0 aromatic carbocycles. The minimum atomic E-state index is 0.803. The molecule has 1 unspecified atom stereocenters. The van der Waals surface area contributed by atoms with Crippen LogP contribution in [-0.2, 0) is 0 Å². The lowest BCUT2D eigenvalue weighted by molar-refractivity contribution is 0.585. The van der Waals surface area contributed by atoms with Crippen LogP contribution in [0.15, 0.2) is 23.6 Å². The first-order chi connectivity index (χ1) is 11.4. The second-order valence-corrected chi connectivity index (χ2v) is 9.20. The van der Waals surface area contributed by atoms with Crippen LogP contribution in [0.25, 0.3) is 0 Å². The summed E-state index contributed by atoms with van der Waals surface area (Å²) in [4.78, 5) is 0. The Hall–Kier alpha value is 0.180. The van der Waals surface area contributed by atoms with Gasteiger partial charge in [0.15, 0.2) is 0 Å². The molecule has 1 rings (SSSR count). The van der Waals surface area contributed by atoms with E-state index in [0.717, 1.165) is 5.25 Å². The van der Waals surface area contributed by atoms with Gasteiger partial charge in [-0.15, -0.1) is 0 Å². The molecule has 134 valence electrons. The number of allylic oxidation sites excluding steroid dienone is 2. The van der Waals surface area contributed by atoms with E-state index in [1.807, 2.05) is 21.6 Å². The van der Waals surface area contributed by atoms with Crippen molar-refractivity contribution < 1.29 is 0 Å². The van der Waals surface area contributed by atoms with Crippen LogP contribution >= 0.6 is 21.6 Å². The molecule has 0 saturated heterocycles. The van der Waals surface area contributed by atoms with Gasteiger partial charge in [-0.05, 0) is 37.5 Å². The highest BCUT2D eigenvalue weighted by Gasteiger charge is 2.09. The van der Waals surface area contributed by atoms with Gasteiger partial charge < -0.3 is 0 Å². The molecule has 2 heteroatoms. The van der Waals surface area contributed by atoms with E-state index in [9.17, 15) is 0 Å². The molecule has 0 N–H and O–H groups in total. The molecule has 0 spiro atoms. The van der Waals surface area contributed by atoms with Gasteiger partial charge in [0, 0.05) is 5.25 Å². The molecule has 1 aliphatic rings. The highest BCUT2D eigenvalue weighted by Crippen LogP contribution is 2.37. The normalized spacial score (nSPS) is 17.5. The monoisotopic (exact) mass is 354 g/mol. The van der Waals surface area contributed by atoms with Gasteiger partial charge in [0.2, 0.25) is 0 Å². The minimum Gasteiger partial charge on any atom is -0.0885 e. The summed E-state index contributed by atoms with van der Waals surface area (Å²) in [6.45, 7) is 2.29. The van der Waals surface area contributed by atoms with Crippen molar-refractivity contribution in [3.05, 3.63) is 23.6 Å². The predicted molar refractivity (Wildman–Crippen MR) is 112 cm³/mol. The van der Waals surface area contributed by atoms with Crippen molar-refractivity contribution in [2.24, 2.45) is 0 Å². The standard InChI is InChI=1S/C21H38S2/c1-2-3-4-5-6-7-8-9-10-11-12-13-14-15-16-17-18-21-19-20-22-23-21/h9-10,19-21H,2-8,11-18H2,1H3/b10-9-. The van der Waals surface area contributed by atoms with E-state index in [1.54, 1.807) is 0 Å². The molecule has 0 aliphatic carbocycles. The number of hydrogen-bond acceptors (Lipinski definition) is 2. The van der Waals surface area contributed by atoms with Gasteiger partial charge in [0.25, 0.3) is 0 Å². The third kappa shape index (κ3) is 14.2. The summed E-state index contributed by atoms with van der Waals surface area (Å²) in [7, 11) is 3.93. The molecule has 0 nitrogen and oxygen atoms in total. The van der Waals surface area contributed by atoms with Crippen LogP contribution in [-0.4, -0.2) is 5.25 Å². The van der Waals surface area contributed by atoms with Crippen LogP contribution in [0.4, 0.5) is 0 Å². The minimum absolute atomic E-state index is 0.803. The third-order valence-electron chi connectivity index (χ3n) is 4.53. The van der Waals surface area contributed by atoms with Crippen molar-refractivity contribution >= 4 is 21.6 Å². The summed E-state index contributed by atoms with van der Waals surface area (Å²) in [5.41, 5.74) is 0. The number of unbranched alkanes of at least 4 members (excludes halogenated alkanes) is 12. The molecule has 0 aromatic rings. The summed E-state index contributed by atoms with van der Waals surface area (Å²) in [5, 5.41) is 3.05. The lowest BCUT2D eigenvalue weighted by Crippen LogP contribution is -1.93. The van der Waals surface area contributed by atoms with E-state index in [2.05, 4.69) is 30.6 Å². The highest BCUT2D eigenvalue weighted by molar-refractivity contribution is 8.78.